The van der Waals surface area contributed by atoms with Gasteiger partial charge in [0.05, 0.1) is 0 Å². The monoisotopic (exact) mass is 228 g/mol. The van der Waals surface area contributed by atoms with Gasteiger partial charge in [0, 0.05) is 17.6 Å². The lowest BCUT2D eigenvalue weighted by Crippen LogP contribution is -2.37. The van der Waals surface area contributed by atoms with Gasteiger partial charge in [-0.15, -0.1) is 0 Å². The van der Waals surface area contributed by atoms with Crippen LogP contribution in [0, 0.1) is 0 Å². The van der Waals surface area contributed by atoms with E-state index in [1.54, 1.807) is 11.6 Å². The molecule has 0 aliphatic heterocycles. The first kappa shape index (κ1) is 12.0. The van der Waals surface area contributed by atoms with Gasteiger partial charge in [-0.3, -0.25) is 14.2 Å². The molecule has 0 unspecified atom stereocenters. The molecule has 0 radical (unpaired) electrons. The average Bonchev–Trinajstić information content (AvgIpc) is 2.61. The predicted octanol–water partition coefficient (Wildman–Crippen LogP) is 1.21. The first-order chi connectivity index (χ1) is 7.17. The zero-order chi connectivity index (χ0) is 11.3. The van der Waals surface area contributed by atoms with Crippen molar-refractivity contribution in [2.45, 2.75) is 39.3 Å². The molecule has 4 nitrogen and oxygen atoms in total. The normalized spacial score (nSPS) is 10.6. The third-order valence-corrected chi connectivity index (χ3v) is 3.00. The Morgan fingerprint density at radius 2 is 2.20 bits per heavy atom. The standard InChI is InChI=1S/C10H16N2O2S/c1-3-8(4-2)11-9(13)7-12-5-6-15-10(12)14/h5-6,8H,3-4,7H2,1-2H3,(H,11,13). The van der Waals surface area contributed by atoms with Gasteiger partial charge in [0.15, 0.2) is 0 Å². The first-order valence-corrected chi connectivity index (χ1v) is 5.98. The van der Waals surface area contributed by atoms with Crippen molar-refractivity contribution in [2.24, 2.45) is 0 Å². The fourth-order valence-electron chi connectivity index (χ4n) is 1.33. The third-order valence-electron chi connectivity index (χ3n) is 2.31. The van der Waals surface area contributed by atoms with Crippen LogP contribution in [0.25, 0.3) is 0 Å². The van der Waals surface area contributed by atoms with Gasteiger partial charge in [-0.25, -0.2) is 0 Å². The molecule has 0 aliphatic rings. The Bertz CT molecular complexity index is 365. The second kappa shape index (κ2) is 5.70. The molecule has 1 aromatic rings. The summed E-state index contributed by atoms with van der Waals surface area (Å²) in [6, 6.07) is 0.215. The first-order valence-electron chi connectivity index (χ1n) is 5.10. The summed E-state index contributed by atoms with van der Waals surface area (Å²) in [5, 5.41) is 4.58. The van der Waals surface area contributed by atoms with Crippen molar-refractivity contribution >= 4 is 17.2 Å². The Morgan fingerprint density at radius 1 is 1.53 bits per heavy atom. The Hall–Kier alpha value is -1.10. The van der Waals surface area contributed by atoms with E-state index in [1.165, 1.54) is 4.57 Å². The average molecular weight is 228 g/mol. The van der Waals surface area contributed by atoms with E-state index < -0.39 is 0 Å². The van der Waals surface area contributed by atoms with Crippen LogP contribution in [-0.4, -0.2) is 16.5 Å². The molecule has 0 atom stereocenters. The van der Waals surface area contributed by atoms with E-state index >= 15 is 0 Å². The van der Waals surface area contributed by atoms with Crippen LogP contribution < -0.4 is 10.2 Å². The molecule has 5 heteroatoms. The highest BCUT2D eigenvalue weighted by Gasteiger charge is 2.09. The van der Waals surface area contributed by atoms with E-state index in [-0.39, 0.29) is 23.4 Å². The number of aromatic nitrogens is 1. The highest BCUT2D eigenvalue weighted by Crippen LogP contribution is 1.96. The molecule has 15 heavy (non-hydrogen) atoms. The topological polar surface area (TPSA) is 51.1 Å². The summed E-state index contributed by atoms with van der Waals surface area (Å²) in [4.78, 5) is 22.6. The zero-order valence-corrected chi connectivity index (χ0v) is 9.84. The van der Waals surface area contributed by atoms with Crippen molar-refractivity contribution in [1.29, 1.82) is 0 Å². The summed E-state index contributed by atoms with van der Waals surface area (Å²) < 4.78 is 1.42. The number of thiazole rings is 1. The molecule has 0 bridgehead atoms. The van der Waals surface area contributed by atoms with Gasteiger partial charge in [-0.2, -0.15) is 0 Å². The van der Waals surface area contributed by atoms with Crippen LogP contribution in [0.5, 0.6) is 0 Å². The fourth-order valence-corrected chi connectivity index (χ4v) is 1.91. The van der Waals surface area contributed by atoms with Gasteiger partial charge in [0.25, 0.3) is 0 Å². The lowest BCUT2D eigenvalue weighted by molar-refractivity contribution is -0.122. The van der Waals surface area contributed by atoms with Crippen molar-refractivity contribution < 1.29 is 4.79 Å². The lowest BCUT2D eigenvalue weighted by atomic mass is 10.2. The molecule has 1 aromatic heterocycles. The van der Waals surface area contributed by atoms with Crippen LogP contribution in [0.1, 0.15) is 26.7 Å². The number of hydrogen-bond donors (Lipinski definition) is 1. The van der Waals surface area contributed by atoms with E-state index in [1.807, 2.05) is 13.8 Å². The van der Waals surface area contributed by atoms with E-state index in [0.717, 1.165) is 24.2 Å². The fraction of sp³-hybridized carbons (Fsp3) is 0.600. The Labute approximate surface area is 92.9 Å². The minimum absolute atomic E-state index is 0.0882. The molecule has 0 saturated carbocycles. The molecule has 0 aromatic carbocycles. The number of carbonyl (C=O) groups excluding carboxylic acids is 1. The smallest absolute Gasteiger partial charge is 0.307 e. The number of carbonyl (C=O) groups is 1. The van der Waals surface area contributed by atoms with E-state index in [9.17, 15) is 9.59 Å². The Kier molecular flexibility index (Phi) is 4.55. The quantitative estimate of drug-likeness (QED) is 0.823. The summed E-state index contributed by atoms with van der Waals surface area (Å²) in [5.74, 6) is -0.0933. The molecule has 1 rings (SSSR count). The van der Waals surface area contributed by atoms with Gasteiger partial charge in [0.1, 0.15) is 6.54 Å². The summed E-state index contributed by atoms with van der Waals surface area (Å²) in [7, 11) is 0. The summed E-state index contributed by atoms with van der Waals surface area (Å²) >= 11 is 1.10. The molecular weight excluding hydrogens is 212 g/mol. The van der Waals surface area contributed by atoms with Gasteiger partial charge in [-0.1, -0.05) is 25.2 Å². The summed E-state index contributed by atoms with van der Waals surface area (Å²) in [5.41, 5.74) is 0. The molecule has 1 N–H and O–H groups in total. The van der Waals surface area contributed by atoms with Crippen molar-refractivity contribution in [2.75, 3.05) is 0 Å². The number of amides is 1. The second-order valence-electron chi connectivity index (χ2n) is 3.38. The van der Waals surface area contributed by atoms with Gasteiger partial charge in [0.2, 0.25) is 5.91 Å². The van der Waals surface area contributed by atoms with Gasteiger partial charge < -0.3 is 5.32 Å². The third kappa shape index (κ3) is 3.51. The predicted molar refractivity (Wildman–Crippen MR) is 61.1 cm³/mol. The Balaban J connectivity index is 2.50. The van der Waals surface area contributed by atoms with Crippen LogP contribution >= 0.6 is 11.3 Å². The lowest BCUT2D eigenvalue weighted by Gasteiger charge is -2.14. The largest absolute Gasteiger partial charge is 0.352 e. The summed E-state index contributed by atoms with van der Waals surface area (Å²) in [6.45, 7) is 4.19. The van der Waals surface area contributed by atoms with Crippen LogP contribution in [0.3, 0.4) is 0 Å². The molecule has 0 saturated heterocycles. The maximum Gasteiger partial charge on any atom is 0.307 e. The van der Waals surface area contributed by atoms with E-state index in [4.69, 9.17) is 0 Å². The maximum atomic E-state index is 11.5. The van der Waals surface area contributed by atoms with Gasteiger partial charge in [-0.05, 0) is 12.8 Å². The van der Waals surface area contributed by atoms with E-state index in [2.05, 4.69) is 5.32 Å². The summed E-state index contributed by atoms with van der Waals surface area (Å²) in [6.07, 6.45) is 3.47. The van der Waals surface area contributed by atoms with E-state index in [0.29, 0.717) is 0 Å². The van der Waals surface area contributed by atoms with Crippen LogP contribution in [-0.2, 0) is 11.3 Å². The van der Waals surface area contributed by atoms with Gasteiger partial charge >= 0.3 is 4.87 Å². The van der Waals surface area contributed by atoms with Crippen molar-refractivity contribution in [3.05, 3.63) is 21.2 Å². The molecular formula is C10H16N2O2S. The van der Waals surface area contributed by atoms with Crippen molar-refractivity contribution in [3.8, 4) is 0 Å². The minimum atomic E-state index is -0.0933. The van der Waals surface area contributed by atoms with Crippen LogP contribution in [0.2, 0.25) is 0 Å². The second-order valence-corrected chi connectivity index (χ2v) is 4.23. The molecule has 1 heterocycles. The number of nitrogens with one attached hydrogen (secondary N) is 1. The molecule has 0 aliphatic carbocycles. The molecule has 84 valence electrons. The number of rotatable bonds is 5. The highest BCUT2D eigenvalue weighted by molar-refractivity contribution is 7.07. The van der Waals surface area contributed by atoms with Crippen molar-refractivity contribution in [3.63, 3.8) is 0 Å². The molecule has 1 amide bonds. The Morgan fingerprint density at radius 3 is 2.67 bits per heavy atom. The number of nitrogens with zero attached hydrogens (tertiary/aromatic N) is 1. The molecule has 0 fully saturated rings. The van der Waals surface area contributed by atoms with Crippen molar-refractivity contribution in [1.82, 2.24) is 9.88 Å². The van der Waals surface area contributed by atoms with Crippen LogP contribution in [0.15, 0.2) is 16.4 Å². The minimum Gasteiger partial charge on any atom is -0.352 e. The van der Waals surface area contributed by atoms with Crippen LogP contribution in [0.4, 0.5) is 0 Å². The zero-order valence-electron chi connectivity index (χ0n) is 9.03. The SMILES string of the molecule is CCC(CC)NC(=O)Cn1ccsc1=O. The highest BCUT2D eigenvalue weighted by atomic mass is 32.1. The number of hydrogen-bond acceptors (Lipinski definition) is 3. The maximum absolute atomic E-state index is 11.5. The molecule has 0 spiro atoms.